The molecule has 0 unspecified atom stereocenters. The van der Waals surface area contributed by atoms with Crippen molar-refractivity contribution in [2.75, 3.05) is 5.32 Å². The number of carbonyl (C=O) groups is 1. The van der Waals surface area contributed by atoms with Crippen LogP contribution in [-0.2, 0) is 18.5 Å². The highest BCUT2D eigenvalue weighted by Crippen LogP contribution is 2.58. The van der Waals surface area contributed by atoms with Crippen LogP contribution in [0.1, 0.15) is 29.8 Å². The molecule has 0 saturated heterocycles. The van der Waals surface area contributed by atoms with Crippen LogP contribution in [0, 0.1) is 0 Å². The summed E-state index contributed by atoms with van der Waals surface area (Å²) in [6, 6.07) is 7.66. The van der Waals surface area contributed by atoms with Gasteiger partial charge in [0, 0.05) is 30.7 Å². The highest BCUT2D eigenvalue weighted by molar-refractivity contribution is 5.98. The Morgan fingerprint density at radius 1 is 1.15 bits per heavy atom. The molecule has 174 valence electrons. The van der Waals surface area contributed by atoms with Crippen molar-refractivity contribution in [1.29, 1.82) is 0 Å². The summed E-state index contributed by atoms with van der Waals surface area (Å²) in [5.41, 5.74) is 0.485. The fourth-order valence-electron chi connectivity index (χ4n) is 4.26. The predicted molar refractivity (Wildman–Crippen MR) is 115 cm³/mol. The summed E-state index contributed by atoms with van der Waals surface area (Å²) in [6.45, 7) is 1.29. The van der Waals surface area contributed by atoms with Gasteiger partial charge >= 0.3 is 12.2 Å². The van der Waals surface area contributed by atoms with Crippen LogP contribution in [0.3, 0.4) is 0 Å². The molecule has 2 aliphatic rings. The number of halogens is 3. The van der Waals surface area contributed by atoms with Crippen LogP contribution >= 0.6 is 0 Å². The van der Waals surface area contributed by atoms with E-state index in [4.69, 9.17) is 4.74 Å². The molecule has 9 nitrogen and oxygen atoms in total. The van der Waals surface area contributed by atoms with Gasteiger partial charge in [0.1, 0.15) is 17.5 Å². The Balaban J connectivity index is 1.21. The van der Waals surface area contributed by atoms with Gasteiger partial charge in [-0.25, -0.2) is 14.8 Å². The van der Waals surface area contributed by atoms with Gasteiger partial charge in [0.2, 0.25) is 5.88 Å². The monoisotopic (exact) mass is 469 g/mol. The Labute approximate surface area is 190 Å². The van der Waals surface area contributed by atoms with Crippen molar-refractivity contribution in [1.82, 2.24) is 30.0 Å². The molecule has 4 aromatic rings. The lowest BCUT2D eigenvalue weighted by Gasteiger charge is -2.16. The number of aromatic amines is 1. The van der Waals surface area contributed by atoms with E-state index in [9.17, 15) is 18.0 Å². The average Bonchev–Trinajstić information content (AvgIpc) is 3.14. The minimum absolute atomic E-state index is 0.00700. The number of ether oxygens (including phenoxy) is 1. The molecule has 3 N–H and O–H groups in total. The van der Waals surface area contributed by atoms with E-state index in [0.717, 1.165) is 16.6 Å². The lowest BCUT2D eigenvalue weighted by atomic mass is 10.0. The number of benzene rings is 1. The third-order valence-electron chi connectivity index (χ3n) is 6.31. The smallest absolute Gasteiger partial charge is 0.399 e. The SMILES string of the molecule is O=C(Nc1cc(C2(C(F)(F)F)CC2)[nH]n1)n1ccc2cc(Oc3ncnc4c3CNC4)ccc21. The number of nitrogens with one attached hydrogen (secondary N) is 3. The third kappa shape index (κ3) is 3.29. The first-order valence-electron chi connectivity index (χ1n) is 10.6. The fraction of sp³-hybridized carbons (Fsp3) is 0.273. The number of aromatic nitrogens is 5. The van der Waals surface area contributed by atoms with Gasteiger partial charge in [-0.2, -0.15) is 18.3 Å². The predicted octanol–water partition coefficient (Wildman–Crippen LogP) is 4.22. The highest BCUT2D eigenvalue weighted by atomic mass is 19.4. The van der Waals surface area contributed by atoms with Crippen molar-refractivity contribution in [2.45, 2.75) is 37.5 Å². The van der Waals surface area contributed by atoms with E-state index < -0.39 is 17.6 Å². The van der Waals surface area contributed by atoms with E-state index in [1.54, 1.807) is 30.5 Å². The number of anilines is 1. The molecule has 12 heteroatoms. The third-order valence-corrected chi connectivity index (χ3v) is 6.31. The molecule has 4 heterocycles. The number of hydrogen-bond donors (Lipinski definition) is 3. The van der Waals surface area contributed by atoms with Crippen LogP contribution in [0.4, 0.5) is 23.8 Å². The number of fused-ring (bicyclic) bond motifs is 2. The van der Waals surface area contributed by atoms with Gasteiger partial charge < -0.3 is 10.1 Å². The zero-order valence-electron chi connectivity index (χ0n) is 17.6. The van der Waals surface area contributed by atoms with Crippen LogP contribution in [-0.4, -0.2) is 36.9 Å². The Hall–Kier alpha value is -3.93. The summed E-state index contributed by atoms with van der Waals surface area (Å²) in [6.07, 6.45) is -1.32. The van der Waals surface area contributed by atoms with Gasteiger partial charge in [-0.15, -0.1) is 0 Å². The maximum atomic E-state index is 13.3. The number of hydrogen-bond acceptors (Lipinski definition) is 6. The molecule has 1 amide bonds. The van der Waals surface area contributed by atoms with Gasteiger partial charge in [0.25, 0.3) is 0 Å². The average molecular weight is 469 g/mol. The summed E-state index contributed by atoms with van der Waals surface area (Å²) in [5.74, 6) is 1.06. The minimum Gasteiger partial charge on any atom is -0.439 e. The Bertz CT molecular complexity index is 1420. The van der Waals surface area contributed by atoms with Crippen molar-refractivity contribution in [3.05, 3.63) is 59.8 Å². The molecule has 1 aromatic carbocycles. The van der Waals surface area contributed by atoms with Gasteiger partial charge in [-0.3, -0.25) is 15.0 Å². The molecule has 1 saturated carbocycles. The minimum atomic E-state index is -4.36. The van der Waals surface area contributed by atoms with Crippen molar-refractivity contribution in [3.63, 3.8) is 0 Å². The number of alkyl halides is 3. The van der Waals surface area contributed by atoms with Crippen LogP contribution in [0.25, 0.3) is 10.9 Å². The van der Waals surface area contributed by atoms with Gasteiger partial charge in [-0.05, 0) is 37.1 Å². The molecule has 0 atom stereocenters. The van der Waals surface area contributed by atoms with Crippen molar-refractivity contribution in [3.8, 4) is 11.6 Å². The molecule has 0 radical (unpaired) electrons. The molecule has 1 aliphatic heterocycles. The molecular weight excluding hydrogens is 451 g/mol. The fourth-order valence-corrected chi connectivity index (χ4v) is 4.26. The maximum absolute atomic E-state index is 13.3. The normalized spacial score (nSPS) is 16.4. The van der Waals surface area contributed by atoms with Gasteiger partial charge in [-0.1, -0.05) is 0 Å². The molecule has 6 rings (SSSR count). The van der Waals surface area contributed by atoms with E-state index in [1.165, 1.54) is 17.0 Å². The number of rotatable bonds is 4. The summed E-state index contributed by atoms with van der Waals surface area (Å²) >= 11 is 0. The number of nitrogens with zero attached hydrogens (tertiary/aromatic N) is 4. The summed E-state index contributed by atoms with van der Waals surface area (Å²) < 4.78 is 47.3. The largest absolute Gasteiger partial charge is 0.439 e. The Morgan fingerprint density at radius 2 is 2.00 bits per heavy atom. The maximum Gasteiger partial charge on any atom is 0.399 e. The van der Waals surface area contributed by atoms with Crippen LogP contribution in [0.15, 0.2) is 42.9 Å². The van der Waals surface area contributed by atoms with Crippen LogP contribution in [0.5, 0.6) is 11.6 Å². The van der Waals surface area contributed by atoms with E-state index >= 15 is 0 Å². The lowest BCUT2D eigenvalue weighted by Crippen LogP contribution is -2.29. The molecular formula is C22H18F3N7O2. The quantitative estimate of drug-likeness (QED) is 0.413. The zero-order valence-corrected chi connectivity index (χ0v) is 17.6. The number of H-pyrrole nitrogens is 1. The second-order valence-corrected chi connectivity index (χ2v) is 8.39. The topological polar surface area (TPSA) is 110 Å². The van der Waals surface area contributed by atoms with Crippen LogP contribution < -0.4 is 15.4 Å². The molecule has 34 heavy (non-hydrogen) atoms. The van der Waals surface area contributed by atoms with Gasteiger partial charge in [0.15, 0.2) is 5.82 Å². The number of amides is 1. The van der Waals surface area contributed by atoms with Crippen molar-refractivity contribution < 1.29 is 22.7 Å². The summed E-state index contributed by atoms with van der Waals surface area (Å²) in [7, 11) is 0. The first-order chi connectivity index (χ1) is 16.3. The highest BCUT2D eigenvalue weighted by Gasteiger charge is 2.65. The molecule has 0 bridgehead atoms. The van der Waals surface area contributed by atoms with Crippen LogP contribution in [0.2, 0.25) is 0 Å². The number of carbonyl (C=O) groups excluding carboxylic acids is 1. The molecule has 1 aliphatic carbocycles. The lowest BCUT2D eigenvalue weighted by molar-refractivity contribution is -0.161. The Kier molecular flexibility index (Phi) is 4.43. The zero-order chi connectivity index (χ0) is 23.5. The Morgan fingerprint density at radius 3 is 2.79 bits per heavy atom. The van der Waals surface area contributed by atoms with E-state index in [2.05, 4.69) is 30.8 Å². The van der Waals surface area contributed by atoms with Crippen molar-refractivity contribution in [2.24, 2.45) is 0 Å². The summed E-state index contributed by atoms with van der Waals surface area (Å²) in [4.78, 5) is 21.2. The molecule has 3 aromatic heterocycles. The molecule has 1 fully saturated rings. The first kappa shape index (κ1) is 20.7. The van der Waals surface area contributed by atoms with Gasteiger partial charge in [0.05, 0.1) is 22.5 Å². The first-order valence-corrected chi connectivity index (χ1v) is 10.6. The summed E-state index contributed by atoms with van der Waals surface area (Å²) in [5, 5.41) is 12.8. The van der Waals surface area contributed by atoms with E-state index in [1.807, 2.05) is 0 Å². The van der Waals surface area contributed by atoms with E-state index in [0.29, 0.717) is 30.2 Å². The van der Waals surface area contributed by atoms with E-state index in [-0.39, 0.29) is 24.4 Å². The standard InChI is InChI=1S/C22H18F3N7O2/c23-22(24,25)21(4-5-21)17-8-18(31-30-17)29-20(33)32-6-3-12-7-13(1-2-16(12)32)34-19-14-9-26-10-15(14)27-11-28-19/h1-3,6-8,11,26H,4-5,9-10H2,(H2,29,30,31,33). The molecule has 0 spiro atoms. The second-order valence-electron chi connectivity index (χ2n) is 8.39. The van der Waals surface area contributed by atoms with Crippen molar-refractivity contribution >= 4 is 22.8 Å². The second kappa shape index (κ2) is 7.29.